The molecule has 0 saturated carbocycles. The monoisotopic (exact) mass is 278 g/mol. The predicted molar refractivity (Wildman–Crippen MR) is 82.4 cm³/mol. The van der Waals surface area contributed by atoms with Crippen molar-refractivity contribution in [1.29, 1.82) is 0 Å². The highest BCUT2D eigenvalue weighted by atomic mass is 19.1. The van der Waals surface area contributed by atoms with Gasteiger partial charge in [0.1, 0.15) is 5.82 Å². The third-order valence-electron chi connectivity index (χ3n) is 4.21. The highest BCUT2D eigenvalue weighted by molar-refractivity contribution is 5.25. The second kappa shape index (κ2) is 7.19. The lowest BCUT2D eigenvalue weighted by molar-refractivity contribution is 0.205. The number of rotatable bonds is 5. The summed E-state index contributed by atoms with van der Waals surface area (Å²) in [4.78, 5) is 2.53. The molecule has 0 aliphatic carbocycles. The summed E-state index contributed by atoms with van der Waals surface area (Å²) in [6, 6.07) is 6.14. The van der Waals surface area contributed by atoms with Gasteiger partial charge in [-0.05, 0) is 63.9 Å². The SMILES string of the molecule is Cc1ccc(C(C)NC(C)CN2CCCCC2)cc1F. The number of nitrogens with zero attached hydrogens (tertiary/aromatic N) is 1. The second-order valence-corrected chi connectivity index (χ2v) is 6.16. The third-order valence-corrected chi connectivity index (χ3v) is 4.21. The van der Waals surface area contributed by atoms with Gasteiger partial charge in [-0.3, -0.25) is 0 Å². The van der Waals surface area contributed by atoms with E-state index in [0.717, 1.165) is 12.1 Å². The van der Waals surface area contributed by atoms with Crippen LogP contribution in [0.5, 0.6) is 0 Å². The lowest BCUT2D eigenvalue weighted by Gasteiger charge is -2.30. The number of benzene rings is 1. The minimum atomic E-state index is -0.111. The van der Waals surface area contributed by atoms with E-state index >= 15 is 0 Å². The van der Waals surface area contributed by atoms with Crippen LogP contribution < -0.4 is 5.32 Å². The molecule has 1 N–H and O–H groups in total. The molecule has 1 aromatic carbocycles. The molecule has 0 amide bonds. The molecule has 2 nitrogen and oxygen atoms in total. The van der Waals surface area contributed by atoms with Gasteiger partial charge in [-0.15, -0.1) is 0 Å². The topological polar surface area (TPSA) is 15.3 Å². The molecule has 3 heteroatoms. The summed E-state index contributed by atoms with van der Waals surface area (Å²) in [5.41, 5.74) is 1.74. The Morgan fingerprint density at radius 1 is 1.20 bits per heavy atom. The zero-order chi connectivity index (χ0) is 14.5. The Morgan fingerprint density at radius 2 is 1.90 bits per heavy atom. The number of hydrogen-bond donors (Lipinski definition) is 1. The summed E-state index contributed by atoms with van der Waals surface area (Å²) in [7, 11) is 0. The first-order valence-electron chi connectivity index (χ1n) is 7.80. The molecule has 2 atom stereocenters. The van der Waals surface area contributed by atoms with Crippen molar-refractivity contribution in [2.45, 2.75) is 52.1 Å². The zero-order valence-corrected chi connectivity index (χ0v) is 13.0. The van der Waals surface area contributed by atoms with E-state index in [2.05, 4.69) is 24.1 Å². The highest BCUT2D eigenvalue weighted by Crippen LogP contribution is 2.17. The number of aryl methyl sites for hydroxylation is 1. The van der Waals surface area contributed by atoms with Crippen LogP contribution in [0.15, 0.2) is 18.2 Å². The lowest BCUT2D eigenvalue weighted by atomic mass is 10.0. The van der Waals surface area contributed by atoms with Crippen molar-refractivity contribution in [3.63, 3.8) is 0 Å². The summed E-state index contributed by atoms with van der Waals surface area (Å²) in [6.45, 7) is 9.65. The fourth-order valence-corrected chi connectivity index (χ4v) is 2.98. The van der Waals surface area contributed by atoms with Crippen molar-refractivity contribution in [3.05, 3.63) is 35.1 Å². The van der Waals surface area contributed by atoms with Gasteiger partial charge in [0.15, 0.2) is 0 Å². The first-order valence-corrected chi connectivity index (χ1v) is 7.80. The van der Waals surface area contributed by atoms with Crippen molar-refractivity contribution < 1.29 is 4.39 Å². The molecule has 1 fully saturated rings. The summed E-state index contributed by atoms with van der Waals surface area (Å²) in [5.74, 6) is -0.111. The van der Waals surface area contributed by atoms with Crippen LogP contribution in [-0.2, 0) is 0 Å². The van der Waals surface area contributed by atoms with Crippen LogP contribution in [0.25, 0.3) is 0 Å². The number of halogens is 1. The molecule has 2 unspecified atom stereocenters. The Kier molecular flexibility index (Phi) is 5.55. The van der Waals surface area contributed by atoms with Gasteiger partial charge in [-0.25, -0.2) is 4.39 Å². The normalized spacial score (nSPS) is 19.8. The lowest BCUT2D eigenvalue weighted by Crippen LogP contribution is -2.42. The van der Waals surface area contributed by atoms with E-state index in [1.807, 2.05) is 12.1 Å². The maximum absolute atomic E-state index is 13.6. The molecule has 0 bridgehead atoms. The Bertz CT molecular complexity index is 427. The summed E-state index contributed by atoms with van der Waals surface area (Å²) < 4.78 is 13.6. The molecule has 0 aromatic heterocycles. The van der Waals surface area contributed by atoms with Crippen LogP contribution in [-0.4, -0.2) is 30.6 Å². The van der Waals surface area contributed by atoms with E-state index in [9.17, 15) is 4.39 Å². The highest BCUT2D eigenvalue weighted by Gasteiger charge is 2.15. The van der Waals surface area contributed by atoms with E-state index in [1.54, 1.807) is 13.0 Å². The largest absolute Gasteiger partial charge is 0.306 e. The zero-order valence-electron chi connectivity index (χ0n) is 13.0. The Morgan fingerprint density at radius 3 is 2.55 bits per heavy atom. The molecule has 1 aromatic rings. The Hall–Kier alpha value is -0.930. The van der Waals surface area contributed by atoms with Crippen molar-refractivity contribution in [1.82, 2.24) is 10.2 Å². The summed E-state index contributed by atoms with van der Waals surface area (Å²) in [5, 5.41) is 3.58. The smallest absolute Gasteiger partial charge is 0.126 e. The fourth-order valence-electron chi connectivity index (χ4n) is 2.98. The van der Waals surface area contributed by atoms with Gasteiger partial charge in [0.2, 0.25) is 0 Å². The molecule has 0 radical (unpaired) electrons. The molecule has 0 spiro atoms. The van der Waals surface area contributed by atoms with Crippen LogP contribution in [0.4, 0.5) is 4.39 Å². The van der Waals surface area contributed by atoms with Crippen LogP contribution in [0.1, 0.15) is 50.3 Å². The van der Waals surface area contributed by atoms with E-state index < -0.39 is 0 Å². The molecular weight excluding hydrogens is 251 g/mol. The van der Waals surface area contributed by atoms with Crippen molar-refractivity contribution in [2.75, 3.05) is 19.6 Å². The van der Waals surface area contributed by atoms with E-state index in [4.69, 9.17) is 0 Å². The second-order valence-electron chi connectivity index (χ2n) is 6.16. The first-order chi connectivity index (χ1) is 9.56. The molecule has 1 heterocycles. The van der Waals surface area contributed by atoms with Gasteiger partial charge < -0.3 is 10.2 Å². The number of likely N-dealkylation sites (tertiary alicyclic amines) is 1. The number of piperidine rings is 1. The van der Waals surface area contributed by atoms with E-state index in [-0.39, 0.29) is 11.9 Å². The van der Waals surface area contributed by atoms with E-state index in [0.29, 0.717) is 11.6 Å². The van der Waals surface area contributed by atoms with Gasteiger partial charge in [-0.1, -0.05) is 18.6 Å². The van der Waals surface area contributed by atoms with Crippen LogP contribution >= 0.6 is 0 Å². The van der Waals surface area contributed by atoms with Crippen molar-refractivity contribution >= 4 is 0 Å². The van der Waals surface area contributed by atoms with Gasteiger partial charge >= 0.3 is 0 Å². The molecule has 20 heavy (non-hydrogen) atoms. The average Bonchev–Trinajstić information content (AvgIpc) is 2.42. The van der Waals surface area contributed by atoms with Crippen LogP contribution in [0, 0.1) is 12.7 Å². The standard InChI is InChI=1S/C17H27FN2/c1-13-7-8-16(11-17(13)18)15(3)19-14(2)12-20-9-5-4-6-10-20/h7-8,11,14-15,19H,4-6,9-10,12H2,1-3H3. The third kappa shape index (κ3) is 4.29. The minimum Gasteiger partial charge on any atom is -0.306 e. The van der Waals surface area contributed by atoms with E-state index in [1.165, 1.54) is 32.4 Å². The van der Waals surface area contributed by atoms with Crippen molar-refractivity contribution in [2.24, 2.45) is 0 Å². The van der Waals surface area contributed by atoms with Gasteiger partial charge in [-0.2, -0.15) is 0 Å². The molecule has 1 saturated heterocycles. The van der Waals surface area contributed by atoms with Crippen LogP contribution in [0.2, 0.25) is 0 Å². The van der Waals surface area contributed by atoms with Crippen LogP contribution in [0.3, 0.4) is 0 Å². The number of hydrogen-bond acceptors (Lipinski definition) is 2. The average molecular weight is 278 g/mol. The van der Waals surface area contributed by atoms with Crippen molar-refractivity contribution in [3.8, 4) is 0 Å². The molecule has 112 valence electrons. The quantitative estimate of drug-likeness (QED) is 0.884. The molecule has 2 rings (SSSR count). The van der Waals surface area contributed by atoms with Gasteiger partial charge in [0, 0.05) is 18.6 Å². The number of nitrogens with one attached hydrogen (secondary N) is 1. The Labute approximate surface area is 122 Å². The maximum atomic E-state index is 13.6. The molecule has 1 aliphatic heterocycles. The molecule has 1 aliphatic rings. The molecular formula is C17H27FN2. The van der Waals surface area contributed by atoms with Gasteiger partial charge in [0.25, 0.3) is 0 Å². The Balaban J connectivity index is 1.86. The summed E-state index contributed by atoms with van der Waals surface area (Å²) >= 11 is 0. The predicted octanol–water partition coefficient (Wildman–Crippen LogP) is 3.66. The fraction of sp³-hybridized carbons (Fsp3) is 0.647. The van der Waals surface area contributed by atoms with Gasteiger partial charge in [0.05, 0.1) is 0 Å². The summed E-state index contributed by atoms with van der Waals surface area (Å²) in [6.07, 6.45) is 4.02. The minimum absolute atomic E-state index is 0.111. The first kappa shape index (κ1) is 15.5. The maximum Gasteiger partial charge on any atom is 0.126 e.